The summed E-state index contributed by atoms with van der Waals surface area (Å²) >= 11 is 12.1. The first-order valence-electron chi connectivity index (χ1n) is 7.54. The first kappa shape index (κ1) is 21.6. The fourth-order valence-corrected chi connectivity index (χ4v) is 3.62. The number of rotatable bonds is 8. The second kappa shape index (κ2) is 11.2. The molecule has 0 unspecified atom stereocenters. The van der Waals surface area contributed by atoms with Gasteiger partial charge in [-0.2, -0.15) is 5.30 Å². The normalized spacial score (nSPS) is 10.6. The van der Waals surface area contributed by atoms with Crippen molar-refractivity contribution in [3.05, 3.63) is 58.1 Å². The molecule has 2 aromatic rings. The summed E-state index contributed by atoms with van der Waals surface area (Å²) < 4.78 is 5.66. The first-order chi connectivity index (χ1) is 11.1. The molecule has 0 radical (unpaired) electrons. The summed E-state index contributed by atoms with van der Waals surface area (Å²) in [5, 5.41) is 1.64. The van der Waals surface area contributed by atoms with Crippen LogP contribution in [-0.2, 0) is 0 Å². The van der Waals surface area contributed by atoms with Gasteiger partial charge in [-0.05, 0) is 30.7 Å². The number of halogens is 2. The zero-order chi connectivity index (χ0) is 16.7. The Morgan fingerprint density at radius 1 is 1.04 bits per heavy atom. The van der Waals surface area contributed by atoms with E-state index in [1.165, 1.54) is 12.8 Å². The molecule has 0 amide bonds. The zero-order valence-corrected chi connectivity index (χ0v) is 16.3. The molecule has 6 heteroatoms. The number of hydrogen-bond acceptors (Lipinski definition) is 2. The van der Waals surface area contributed by atoms with Crippen LogP contribution in [0.15, 0.2) is 42.5 Å². The van der Waals surface area contributed by atoms with E-state index in [-0.39, 0.29) is 24.4 Å². The molecular weight excluding hydrogens is 357 g/mol. The predicted octanol–water partition coefficient (Wildman–Crippen LogP) is 2.98. The van der Waals surface area contributed by atoms with Crippen LogP contribution in [0.1, 0.15) is 36.5 Å². The van der Waals surface area contributed by atoms with Gasteiger partial charge < -0.3 is 18.1 Å². The van der Waals surface area contributed by atoms with Crippen molar-refractivity contribution in [2.24, 2.45) is 0 Å². The molecule has 0 aliphatic heterocycles. The van der Waals surface area contributed by atoms with Gasteiger partial charge >= 0.3 is 18.9 Å². The van der Waals surface area contributed by atoms with E-state index in [2.05, 4.69) is 6.92 Å². The third kappa shape index (κ3) is 6.44. The van der Waals surface area contributed by atoms with Crippen LogP contribution in [-0.4, -0.2) is 12.1 Å². The van der Waals surface area contributed by atoms with Crippen LogP contribution >= 0.6 is 31.8 Å². The van der Waals surface area contributed by atoms with Gasteiger partial charge in [0.15, 0.2) is 0 Å². The standard InChI is InChI=1S/C18H18Cl2O2P.Li/c1-2-3-4-12-22-13-8-10-14(11-9-13)23-18(21)17-15(19)6-5-7-16(17)20;/h5-11H,2-4,12H2,1H3;/q-1;+1. The van der Waals surface area contributed by atoms with Gasteiger partial charge in [-0.3, -0.25) is 0 Å². The third-order valence-corrected chi connectivity index (χ3v) is 4.87. The van der Waals surface area contributed by atoms with Gasteiger partial charge in [0.1, 0.15) is 5.75 Å². The summed E-state index contributed by atoms with van der Waals surface area (Å²) in [6, 6.07) is 12.6. The quantitative estimate of drug-likeness (QED) is 0.403. The second-order valence-electron chi connectivity index (χ2n) is 5.06. The van der Waals surface area contributed by atoms with E-state index in [9.17, 15) is 4.79 Å². The minimum atomic E-state index is -0.114. The maximum atomic E-state index is 12.4. The van der Waals surface area contributed by atoms with E-state index < -0.39 is 0 Å². The van der Waals surface area contributed by atoms with Crippen LogP contribution in [0.5, 0.6) is 5.75 Å². The Bertz CT molecular complexity index is 642. The van der Waals surface area contributed by atoms with Crippen LogP contribution < -0.4 is 28.9 Å². The van der Waals surface area contributed by atoms with Crippen LogP contribution in [0.4, 0.5) is 0 Å². The molecule has 0 fully saturated rings. The Morgan fingerprint density at radius 2 is 1.67 bits per heavy atom. The molecule has 2 rings (SSSR count). The summed E-state index contributed by atoms with van der Waals surface area (Å²) in [5.74, 6) is 0.822. The summed E-state index contributed by atoms with van der Waals surface area (Å²) in [4.78, 5) is 12.4. The van der Waals surface area contributed by atoms with Crippen molar-refractivity contribution in [2.45, 2.75) is 26.2 Å². The molecule has 0 atom stereocenters. The van der Waals surface area contributed by atoms with E-state index in [0.717, 1.165) is 24.1 Å². The van der Waals surface area contributed by atoms with Gasteiger partial charge in [-0.1, -0.05) is 61.2 Å². The van der Waals surface area contributed by atoms with Crippen molar-refractivity contribution < 1.29 is 28.4 Å². The molecular formula is C18H18Cl2LiO2P. The molecule has 2 nitrogen and oxygen atoms in total. The summed E-state index contributed by atoms with van der Waals surface area (Å²) in [6.07, 6.45) is 3.40. The molecule has 122 valence electrons. The number of unbranched alkanes of at least 4 members (excludes halogenated alkanes) is 2. The average Bonchev–Trinajstić information content (AvgIpc) is 2.53. The smallest absolute Gasteiger partial charge is 0.494 e. The SMILES string of the molecule is CCCCCOc1ccc([P-]C(=O)c2c(Cl)cccc2Cl)cc1.[Li+]. The molecule has 0 aliphatic carbocycles. The zero-order valence-electron chi connectivity index (χ0n) is 13.9. The Morgan fingerprint density at radius 3 is 2.25 bits per heavy atom. The summed E-state index contributed by atoms with van der Waals surface area (Å²) in [5.41, 5.74) is 0.259. The summed E-state index contributed by atoms with van der Waals surface area (Å²) in [6.45, 7) is 2.88. The van der Waals surface area contributed by atoms with Crippen molar-refractivity contribution in [1.82, 2.24) is 0 Å². The molecule has 0 aromatic heterocycles. The Hall–Kier alpha value is -0.483. The minimum Gasteiger partial charge on any atom is -0.494 e. The number of ether oxygens (including phenoxy) is 1. The predicted molar refractivity (Wildman–Crippen MR) is 98.8 cm³/mol. The van der Waals surface area contributed by atoms with Gasteiger partial charge in [-0.25, -0.2) is 0 Å². The van der Waals surface area contributed by atoms with Crippen LogP contribution in [0, 0.1) is 0 Å². The Labute approximate surface area is 167 Å². The molecule has 0 bridgehead atoms. The molecule has 24 heavy (non-hydrogen) atoms. The second-order valence-corrected chi connectivity index (χ2v) is 7.02. The van der Waals surface area contributed by atoms with Crippen LogP contribution in [0.3, 0.4) is 0 Å². The van der Waals surface area contributed by atoms with Crippen LogP contribution in [0.25, 0.3) is 0 Å². The number of carbonyl (C=O) groups is 1. The third-order valence-electron chi connectivity index (χ3n) is 3.26. The largest absolute Gasteiger partial charge is 1.00 e. The first-order valence-corrected chi connectivity index (χ1v) is 9.19. The molecule has 0 N–H and O–H groups in total. The van der Waals surface area contributed by atoms with Crippen LogP contribution in [0.2, 0.25) is 10.0 Å². The van der Waals surface area contributed by atoms with Gasteiger partial charge in [0.25, 0.3) is 0 Å². The number of hydrogen-bond donors (Lipinski definition) is 0. The fraction of sp³-hybridized carbons (Fsp3) is 0.278. The maximum Gasteiger partial charge on any atom is 1.00 e. The molecule has 0 spiro atoms. The molecule has 0 heterocycles. The molecule has 0 saturated heterocycles. The number of benzene rings is 2. The molecule has 0 saturated carbocycles. The minimum absolute atomic E-state index is 0. The van der Waals surface area contributed by atoms with Gasteiger partial charge in [-0.15, -0.1) is 0 Å². The van der Waals surface area contributed by atoms with Crippen molar-refractivity contribution in [1.29, 1.82) is 0 Å². The Balaban J connectivity index is 0.00000288. The van der Waals surface area contributed by atoms with E-state index in [0.29, 0.717) is 24.2 Å². The van der Waals surface area contributed by atoms with Gasteiger partial charge in [0.05, 0.1) is 16.7 Å². The monoisotopic (exact) mass is 374 g/mol. The molecule has 2 aromatic carbocycles. The van der Waals surface area contributed by atoms with Crippen molar-refractivity contribution in [3.8, 4) is 5.75 Å². The van der Waals surface area contributed by atoms with Gasteiger partial charge in [0.2, 0.25) is 0 Å². The topological polar surface area (TPSA) is 26.3 Å². The van der Waals surface area contributed by atoms with E-state index >= 15 is 0 Å². The number of carbonyl (C=O) groups excluding carboxylic acids is 1. The van der Waals surface area contributed by atoms with Crippen molar-refractivity contribution in [3.63, 3.8) is 0 Å². The average molecular weight is 375 g/mol. The van der Waals surface area contributed by atoms with Crippen molar-refractivity contribution >= 4 is 42.6 Å². The van der Waals surface area contributed by atoms with Gasteiger partial charge in [0, 0.05) is 11.1 Å². The Kier molecular flexibility index (Phi) is 10.1. The van der Waals surface area contributed by atoms with E-state index in [4.69, 9.17) is 27.9 Å². The maximum absolute atomic E-state index is 12.4. The van der Waals surface area contributed by atoms with E-state index in [1.807, 2.05) is 24.3 Å². The van der Waals surface area contributed by atoms with E-state index in [1.54, 1.807) is 18.2 Å². The fourth-order valence-electron chi connectivity index (χ4n) is 2.03. The van der Waals surface area contributed by atoms with Crippen molar-refractivity contribution in [2.75, 3.05) is 6.61 Å². The molecule has 0 aliphatic rings. The summed E-state index contributed by atoms with van der Waals surface area (Å²) in [7, 11) is 0.543.